The van der Waals surface area contributed by atoms with E-state index in [0.717, 1.165) is 70.6 Å². The molecule has 0 spiro atoms. The number of allylic oxidation sites excluding steroid dienone is 4. The summed E-state index contributed by atoms with van der Waals surface area (Å²) in [5, 5.41) is 2.38. The number of alkyl carbamates (subject to hydrolysis) is 1. The fraction of sp³-hybridized carbons (Fsp3) is 0.848. The number of hydrogen-bond donors (Lipinski definition) is 3. The highest BCUT2D eigenvalue weighted by Gasteiger charge is 2.26. The van der Waals surface area contributed by atoms with Gasteiger partial charge in [-0.3, -0.25) is 18.6 Å². The van der Waals surface area contributed by atoms with Crippen molar-refractivity contribution in [3.8, 4) is 0 Å². The molecule has 0 fully saturated rings. The molecule has 0 saturated carbocycles. The van der Waals surface area contributed by atoms with Crippen molar-refractivity contribution in [1.82, 2.24) is 11.5 Å². The summed E-state index contributed by atoms with van der Waals surface area (Å²) in [5.74, 6) is -0.924. The van der Waals surface area contributed by atoms with E-state index in [4.69, 9.17) is 28.0 Å². The van der Waals surface area contributed by atoms with Crippen LogP contribution in [0, 0.1) is 0 Å². The number of phosphoric acid groups is 1. The lowest BCUT2D eigenvalue weighted by Crippen LogP contribution is -2.30. The first-order chi connectivity index (χ1) is 28.2. The third-order valence-electron chi connectivity index (χ3n) is 9.58. The van der Waals surface area contributed by atoms with Crippen LogP contribution in [0.4, 0.5) is 4.79 Å². The highest BCUT2D eigenvalue weighted by atomic mass is 31.2. The number of carbonyl (C=O) groups is 3. The molecule has 60 heavy (non-hydrogen) atoms. The third-order valence-corrected chi connectivity index (χ3v) is 10.6. The maximum atomic E-state index is 12.7. The van der Waals surface area contributed by atoms with Gasteiger partial charge >= 0.3 is 25.9 Å². The Bertz CT molecular complexity index is 1080. The van der Waals surface area contributed by atoms with Crippen molar-refractivity contribution >= 4 is 25.9 Å². The van der Waals surface area contributed by atoms with Gasteiger partial charge in [-0.15, -0.1) is 0 Å². The minimum atomic E-state index is -4.58. The molecular weight excluding hydrogens is 787 g/mol. The monoisotopic (exact) mass is 879 g/mol. The zero-order chi connectivity index (χ0) is 42.6. The van der Waals surface area contributed by atoms with Crippen LogP contribution in [-0.4, -0.2) is 75.7 Å². The van der Waals surface area contributed by atoms with E-state index in [1.54, 1.807) is 0 Å². The second-order valence-electron chi connectivity index (χ2n) is 15.1. The molecule has 0 aliphatic heterocycles. The van der Waals surface area contributed by atoms with E-state index in [1.165, 1.54) is 90.6 Å². The fourth-order valence-corrected chi connectivity index (χ4v) is 6.85. The Labute approximate surface area is 366 Å². The van der Waals surface area contributed by atoms with Crippen LogP contribution in [-0.2, 0) is 42.1 Å². The van der Waals surface area contributed by atoms with Gasteiger partial charge in [-0.1, -0.05) is 148 Å². The van der Waals surface area contributed by atoms with Gasteiger partial charge in [-0.2, -0.15) is 0 Å². The van der Waals surface area contributed by atoms with Gasteiger partial charge in [0.05, 0.1) is 19.8 Å². The van der Waals surface area contributed by atoms with Gasteiger partial charge in [0.1, 0.15) is 13.2 Å². The van der Waals surface area contributed by atoms with Crippen molar-refractivity contribution < 1.29 is 51.8 Å². The van der Waals surface area contributed by atoms with Crippen LogP contribution in [0.2, 0.25) is 0 Å². The molecule has 356 valence electrons. The Morgan fingerprint density at radius 1 is 0.567 bits per heavy atom. The summed E-state index contributed by atoms with van der Waals surface area (Å²) in [6.45, 7) is 3.51. The number of methoxy groups -OCH3 is 1. The van der Waals surface area contributed by atoms with Crippen molar-refractivity contribution in [2.45, 2.75) is 207 Å². The molecule has 14 heteroatoms. The molecular formula is C46H91N2O11P. The first kappa shape index (κ1) is 62.0. The van der Waals surface area contributed by atoms with Crippen molar-refractivity contribution in [3.63, 3.8) is 0 Å². The molecule has 0 aliphatic rings. The highest BCUT2D eigenvalue weighted by molar-refractivity contribution is 7.47. The molecule has 5 N–H and O–H groups in total. The van der Waals surface area contributed by atoms with E-state index >= 15 is 0 Å². The van der Waals surface area contributed by atoms with Crippen LogP contribution in [0.3, 0.4) is 0 Å². The first-order valence-electron chi connectivity index (χ1n) is 22.9. The van der Waals surface area contributed by atoms with E-state index in [0.29, 0.717) is 12.8 Å². The van der Waals surface area contributed by atoms with Gasteiger partial charge < -0.3 is 35.3 Å². The number of amides is 1. The fourth-order valence-electron chi connectivity index (χ4n) is 6.10. The van der Waals surface area contributed by atoms with Crippen LogP contribution in [0.5, 0.6) is 0 Å². The second-order valence-corrected chi connectivity index (χ2v) is 16.6. The molecule has 0 radical (unpaired) electrons. The van der Waals surface area contributed by atoms with Gasteiger partial charge in [-0.25, -0.2) is 9.36 Å². The maximum Gasteiger partial charge on any atom is 0.472 e. The van der Waals surface area contributed by atoms with Crippen molar-refractivity contribution in [2.75, 3.05) is 46.7 Å². The number of ether oxygens (including phenoxy) is 4. The lowest BCUT2D eigenvalue weighted by Gasteiger charge is -2.20. The van der Waals surface area contributed by atoms with Crippen LogP contribution in [0.25, 0.3) is 0 Å². The van der Waals surface area contributed by atoms with E-state index in [2.05, 4.69) is 43.5 Å². The summed E-state index contributed by atoms with van der Waals surface area (Å²) in [5.41, 5.74) is 0. The Morgan fingerprint density at radius 2 is 1.00 bits per heavy atom. The lowest BCUT2D eigenvalue weighted by molar-refractivity contribution is -0.161. The van der Waals surface area contributed by atoms with Crippen LogP contribution in [0.1, 0.15) is 201 Å². The molecule has 0 saturated heterocycles. The van der Waals surface area contributed by atoms with Gasteiger partial charge in [0.25, 0.3) is 0 Å². The smallest absolute Gasteiger partial charge is 0.462 e. The summed E-state index contributed by atoms with van der Waals surface area (Å²) in [4.78, 5) is 47.0. The summed E-state index contributed by atoms with van der Waals surface area (Å²) in [7, 11) is -3.10. The quantitative estimate of drug-likeness (QED) is 0.0173. The van der Waals surface area contributed by atoms with E-state index in [1.807, 2.05) is 0 Å². The van der Waals surface area contributed by atoms with Gasteiger partial charge in [-0.05, 0) is 64.2 Å². The van der Waals surface area contributed by atoms with Gasteiger partial charge in [0.2, 0.25) is 0 Å². The summed E-state index contributed by atoms with van der Waals surface area (Å²) in [6.07, 6.45) is 37.7. The lowest BCUT2D eigenvalue weighted by atomic mass is 10.1. The standard InChI is InChI=1S/C45H84NO11P.CH4.H3N/c1-4-6-8-10-12-14-16-18-20-22-24-26-28-30-32-34-43(47)54-40-42(41-56-58(50,51)55-37-36-46-45(49)53-39-38-52-3)57-44(48)35-33-31-29-27-25-23-21-19-17-15-13-11-9-7-5-2;;/h18-21,42H,4-17,22-41H2,1-3H3,(H,46,49)(H,50,51);1H4;1H3/b20-18+,21-19+;;/t42-;;/m1../s1. The second kappa shape index (κ2) is 47.8. The van der Waals surface area contributed by atoms with Gasteiger partial charge in [0, 0.05) is 26.5 Å². The zero-order valence-corrected chi connectivity index (χ0v) is 38.5. The maximum absolute atomic E-state index is 12.7. The normalized spacial score (nSPS) is 12.7. The molecule has 0 aliphatic carbocycles. The van der Waals surface area contributed by atoms with E-state index in [-0.39, 0.29) is 59.4 Å². The van der Waals surface area contributed by atoms with E-state index in [9.17, 15) is 23.8 Å². The molecule has 1 unspecified atom stereocenters. The van der Waals surface area contributed by atoms with Gasteiger partial charge in [0.15, 0.2) is 6.10 Å². The predicted octanol–water partition coefficient (Wildman–Crippen LogP) is 12.8. The molecule has 13 nitrogen and oxygen atoms in total. The third kappa shape index (κ3) is 46.8. The van der Waals surface area contributed by atoms with Crippen molar-refractivity contribution in [1.29, 1.82) is 0 Å². The Kier molecular flexibility index (Phi) is 49.4. The highest BCUT2D eigenvalue weighted by Crippen LogP contribution is 2.43. The van der Waals surface area contributed by atoms with Crippen LogP contribution >= 0.6 is 7.82 Å². The number of rotatable bonds is 43. The predicted molar refractivity (Wildman–Crippen MR) is 244 cm³/mol. The average molecular weight is 879 g/mol. The van der Waals surface area contributed by atoms with Crippen molar-refractivity contribution in [3.05, 3.63) is 24.3 Å². The summed E-state index contributed by atoms with van der Waals surface area (Å²) >= 11 is 0. The zero-order valence-electron chi connectivity index (χ0n) is 37.6. The van der Waals surface area contributed by atoms with Crippen LogP contribution < -0.4 is 11.5 Å². The molecule has 2 atom stereocenters. The molecule has 0 aromatic carbocycles. The van der Waals surface area contributed by atoms with Crippen LogP contribution in [0.15, 0.2) is 24.3 Å². The average Bonchev–Trinajstić information content (AvgIpc) is 3.20. The number of hydrogen-bond acceptors (Lipinski definition) is 11. The number of nitrogens with one attached hydrogen (secondary N) is 1. The molecule has 0 heterocycles. The SMILES string of the molecule is C.CCCCCCCC/C=C/CCCCCCCC(=O)OC[C@H](COP(=O)(O)OCCNC(=O)OCCOC)OC(=O)CCCCCCC/C=C/CCCCCCCC.N. The number of phosphoric ester groups is 1. The Balaban J connectivity index is -0.0000162. The largest absolute Gasteiger partial charge is 0.472 e. The minimum Gasteiger partial charge on any atom is -0.462 e. The molecule has 0 aromatic rings. The summed E-state index contributed by atoms with van der Waals surface area (Å²) < 4.78 is 43.1. The Morgan fingerprint density at radius 3 is 1.47 bits per heavy atom. The summed E-state index contributed by atoms with van der Waals surface area (Å²) in [6, 6.07) is 0. The minimum absolute atomic E-state index is 0. The number of esters is 2. The molecule has 0 bridgehead atoms. The number of unbranched alkanes of at least 4 members (excludes halogenated alkanes) is 22. The molecule has 1 amide bonds. The Hall–Kier alpha value is -2.28. The number of carbonyl (C=O) groups excluding carboxylic acids is 3. The first-order valence-corrected chi connectivity index (χ1v) is 24.4. The van der Waals surface area contributed by atoms with E-state index < -0.39 is 38.6 Å². The van der Waals surface area contributed by atoms with Crippen molar-refractivity contribution in [2.24, 2.45) is 0 Å². The molecule has 0 aromatic heterocycles. The topological polar surface area (TPSA) is 191 Å². The molecule has 0 rings (SSSR count).